The van der Waals surface area contributed by atoms with E-state index in [9.17, 15) is 29.4 Å². The maximum Gasteiger partial charge on any atom is 0.253 e. The molecule has 145 heavy (non-hydrogen) atoms. The number of aliphatic hydroxyl groups excluding tert-OH is 1. The van der Waals surface area contributed by atoms with E-state index in [1.807, 2.05) is 116 Å². The van der Waals surface area contributed by atoms with Crippen molar-refractivity contribution in [3.05, 3.63) is 267 Å². The van der Waals surface area contributed by atoms with Gasteiger partial charge in [0.25, 0.3) is 17.7 Å². The minimum atomic E-state index is -0.494. The van der Waals surface area contributed by atoms with Crippen molar-refractivity contribution in [2.24, 2.45) is 5.92 Å². The van der Waals surface area contributed by atoms with Crippen LogP contribution in [-0.2, 0) is 56.7 Å². The highest BCUT2D eigenvalue weighted by Crippen LogP contribution is 2.44. The average molecular weight is 1950 g/mol. The van der Waals surface area contributed by atoms with Crippen LogP contribution in [0.4, 0.5) is 0 Å². The fourth-order valence-corrected chi connectivity index (χ4v) is 20.7. The van der Waals surface area contributed by atoms with Crippen LogP contribution in [0.5, 0.6) is 17.2 Å². The smallest absolute Gasteiger partial charge is 0.253 e. The molecule has 16 aromatic rings. The number of aliphatic hydroxyl groups is 2. The van der Waals surface area contributed by atoms with E-state index >= 15 is 0 Å². The molecule has 13 heterocycles. The minimum absolute atomic E-state index is 0.0189. The third-order valence-electron chi connectivity index (χ3n) is 29.3. The van der Waals surface area contributed by atoms with E-state index in [1.54, 1.807) is 96.9 Å². The summed E-state index contributed by atoms with van der Waals surface area (Å²) in [7, 11) is 22.0. The van der Waals surface area contributed by atoms with Crippen LogP contribution in [0.2, 0.25) is 0 Å². The molecule has 8 aromatic carbocycles. The number of aryl methyl sites for hydroxylation is 2. The Bertz CT molecular complexity index is 7560. The predicted octanol–water partition coefficient (Wildman–Crippen LogP) is 16.4. The van der Waals surface area contributed by atoms with Gasteiger partial charge in [0, 0.05) is 236 Å². The molecule has 23 rings (SSSR count). The first-order valence-corrected chi connectivity index (χ1v) is 49.9. The highest BCUT2D eigenvalue weighted by molar-refractivity contribution is 6.00. The zero-order valence-corrected chi connectivity index (χ0v) is 84.9. The zero-order chi connectivity index (χ0) is 101. The highest BCUT2D eigenvalue weighted by atomic mass is 16.5. The molecule has 2 aliphatic carbocycles. The van der Waals surface area contributed by atoms with Crippen molar-refractivity contribution in [2.75, 3.05) is 137 Å². The van der Waals surface area contributed by atoms with Crippen LogP contribution in [0.3, 0.4) is 0 Å². The van der Waals surface area contributed by atoms with Gasteiger partial charge in [0.1, 0.15) is 39.3 Å². The van der Waals surface area contributed by atoms with Crippen LogP contribution in [0, 0.1) is 19.8 Å². The number of likely N-dealkylation sites (N-methyl/N-ethyl adjacent to an activating group) is 2. The summed E-state index contributed by atoms with van der Waals surface area (Å²) in [5.74, 6) is 2.96. The van der Waals surface area contributed by atoms with Crippen molar-refractivity contribution >= 4 is 68.3 Å². The second-order valence-electron chi connectivity index (χ2n) is 40.6. The number of carbonyl (C=O) groups is 4. The Balaban J connectivity index is 0.000000118. The third kappa shape index (κ3) is 20.9. The monoisotopic (exact) mass is 1940 g/mol. The Morgan fingerprint density at radius 1 is 0.428 bits per heavy atom. The number of benzene rings is 8. The molecule has 1 saturated heterocycles. The molecule has 1 atom stereocenters. The number of rotatable bonds is 22. The van der Waals surface area contributed by atoms with Gasteiger partial charge in [-0.2, -0.15) is 0 Å². The molecule has 4 amide bonds. The predicted molar refractivity (Wildman–Crippen MR) is 566 cm³/mol. The van der Waals surface area contributed by atoms with Gasteiger partial charge in [-0.1, -0.05) is 54.6 Å². The Morgan fingerprint density at radius 2 is 0.793 bits per heavy atom. The standard InChI is InChI=1S/C31H34N6O3.C29H31N5O3.C29H33N5O.C26H27N5O2/c1-36(2)31(39)20-6-4-19(5-7-20)24-16-32-30-29(24)35-26(17-33-30)22-14-21-10-12-37(18-25(21)27(15-22)40-3)13-11-28(38)34-23-8-9-23;1-33(2)28(35)19-6-4-18(5-7-19)22-14-30-27-26(22)32-24(15-31-27)21-12-20-8-11-34(17-29(36)9-10-29)16-23(20)25(13-21)37-3;1-17-10-20(11-21-14-33(3)8-7-23(17)21)26-13-31-29-27(32-26)25(12-30-29)19-5-6-24(18(2)9-19)28(35)22-15-34(4)16-22;1-30(2)26(32)17-7-5-16(6-8-17)21-13-27-25-24(21)29-22(14-28-25)18-11-19-15-31(3)10-9-20(19)23(12-18)33-4/h4-7,14-17,23H,8-13,18H2,1-3H3,(H,32,33)(H,34,38);4-7,12-15,36H,8-11,16-17H2,1-3H3,(H,30,31);5-6,9-13,22,28,35H,7-8,14-16H2,1-4H3,(H,30,31);5-8,11-14H,9-10,15H2,1-4H3,(H,27,28)/t;;28-;/m..0./s1. The highest BCUT2D eigenvalue weighted by Gasteiger charge is 2.43. The molecule has 2 saturated carbocycles. The van der Waals surface area contributed by atoms with E-state index in [-0.39, 0.29) is 23.6 Å². The SMILES string of the molecule is COc1cc(-c2cnc3[nH]cc(-c4ccc(C(=O)N(C)C)cc4)c3n2)cc2c1CCN(C)C2.COc1cc(-c2cnc3[nH]cc(-c4ccc(C(=O)N(C)C)cc4)c3n2)cc2c1CN(CC1(O)CC1)CC2.COc1cc(-c2cnc3[nH]cc(-c4ccc(C(=O)N(C)C)cc4)c3n2)cc2c1CN(CCC(=O)NC1CC1)CC2.Cc1cc(-c2c[nH]c3ncc(-c4cc(C)c5c(c4)CN(C)CC5)nc23)ccc1[C@@H](O)C1CN(C)C1. The van der Waals surface area contributed by atoms with Crippen molar-refractivity contribution in [2.45, 2.75) is 116 Å². The van der Waals surface area contributed by atoms with E-state index < -0.39 is 11.7 Å². The Kier molecular flexibility index (Phi) is 27.7. The first-order chi connectivity index (χ1) is 70.0. The van der Waals surface area contributed by atoms with Gasteiger partial charge in [0.05, 0.1) is 80.6 Å². The van der Waals surface area contributed by atoms with Gasteiger partial charge in [-0.3, -0.25) is 29.0 Å². The molecule has 7 aliphatic rings. The average Bonchev–Trinajstić information content (AvgIpc) is 1.66. The largest absolute Gasteiger partial charge is 0.496 e. The number of H-pyrrole nitrogens is 4. The van der Waals surface area contributed by atoms with Crippen molar-refractivity contribution < 1.29 is 43.6 Å². The number of nitrogens with zero attached hydrogens (tertiary/aromatic N) is 16. The summed E-state index contributed by atoms with van der Waals surface area (Å²) >= 11 is 0. The van der Waals surface area contributed by atoms with E-state index in [4.69, 9.17) is 39.1 Å². The van der Waals surface area contributed by atoms with Gasteiger partial charge in [0.2, 0.25) is 5.91 Å². The van der Waals surface area contributed by atoms with Crippen LogP contribution >= 0.6 is 0 Å². The number of nitrogens with one attached hydrogen (secondary N) is 5. The molecule has 744 valence electrons. The number of hydrogen-bond donors (Lipinski definition) is 7. The number of aromatic nitrogens is 12. The molecule has 8 aromatic heterocycles. The number of likely N-dealkylation sites (tertiary alicyclic amines) is 1. The van der Waals surface area contributed by atoms with E-state index in [1.165, 1.54) is 50.1 Å². The summed E-state index contributed by atoms with van der Waals surface area (Å²) < 4.78 is 17.4. The first-order valence-electron chi connectivity index (χ1n) is 49.9. The molecule has 7 N–H and O–H groups in total. The van der Waals surface area contributed by atoms with Crippen LogP contribution in [0.15, 0.2) is 189 Å². The quantitative estimate of drug-likeness (QED) is 0.0331. The number of β-amino-alcohol motifs (C(OH)–C–C–N with tert-alkyl or cyclic N) is 1. The van der Waals surface area contributed by atoms with Crippen LogP contribution < -0.4 is 19.5 Å². The number of aromatic amines is 4. The maximum atomic E-state index is 12.3. The van der Waals surface area contributed by atoms with Crippen LogP contribution in [0.1, 0.15) is 130 Å². The summed E-state index contributed by atoms with van der Waals surface area (Å²) in [6.45, 7) is 15.0. The van der Waals surface area contributed by atoms with Crippen molar-refractivity contribution in [3.8, 4) is 107 Å². The van der Waals surface area contributed by atoms with Gasteiger partial charge < -0.3 is 79.1 Å². The molecular weight excluding hydrogens is 1820 g/mol. The molecule has 0 radical (unpaired) electrons. The zero-order valence-electron chi connectivity index (χ0n) is 84.9. The maximum absolute atomic E-state index is 12.3. The molecular formula is C115H125N21O9. The molecule has 0 spiro atoms. The van der Waals surface area contributed by atoms with E-state index in [2.05, 4.69) is 154 Å². The fourth-order valence-electron chi connectivity index (χ4n) is 20.7. The third-order valence-corrected chi connectivity index (χ3v) is 29.3. The van der Waals surface area contributed by atoms with Crippen molar-refractivity contribution in [1.29, 1.82) is 0 Å². The minimum Gasteiger partial charge on any atom is -0.496 e. The summed E-state index contributed by atoms with van der Waals surface area (Å²) in [6.07, 6.45) is 23.0. The Morgan fingerprint density at radius 3 is 1.19 bits per heavy atom. The number of methoxy groups -OCH3 is 3. The van der Waals surface area contributed by atoms with E-state index in [0.29, 0.717) is 46.4 Å². The van der Waals surface area contributed by atoms with Gasteiger partial charge in [-0.25, -0.2) is 39.9 Å². The lowest BCUT2D eigenvalue weighted by molar-refractivity contribution is -0.121. The lowest BCUT2D eigenvalue weighted by atomic mass is 9.87. The summed E-state index contributed by atoms with van der Waals surface area (Å²) in [4.78, 5) is 117. The lowest BCUT2D eigenvalue weighted by Crippen LogP contribution is -2.46. The van der Waals surface area contributed by atoms with Gasteiger partial charge in [0.15, 0.2) is 22.6 Å². The summed E-state index contributed by atoms with van der Waals surface area (Å²) in [6, 6.07) is 46.7. The molecule has 5 aliphatic heterocycles. The number of fused-ring (bicyclic) bond motifs is 8. The molecule has 30 heteroatoms. The van der Waals surface area contributed by atoms with Crippen molar-refractivity contribution in [1.82, 2.24) is 104 Å². The molecule has 0 unspecified atom stereocenters. The summed E-state index contributed by atoms with van der Waals surface area (Å²) in [5.41, 5.74) is 36.5. The number of amides is 4. The van der Waals surface area contributed by atoms with Crippen molar-refractivity contribution in [3.63, 3.8) is 0 Å². The van der Waals surface area contributed by atoms with Gasteiger partial charge in [-0.05, 0) is 244 Å². The van der Waals surface area contributed by atoms with Gasteiger partial charge >= 0.3 is 0 Å². The normalized spacial score (nSPS) is 15.8. The number of carbonyl (C=O) groups excluding carboxylic acids is 4. The van der Waals surface area contributed by atoms with Crippen LogP contribution in [-0.4, -0.2) is 282 Å². The second kappa shape index (κ2) is 41.2. The fraction of sp³-hybridized carbons (Fsp3) is 0.339. The number of hydrogen-bond acceptors (Lipinski definition) is 22. The Labute approximate surface area is 843 Å². The topological polar surface area (TPSA) is 341 Å². The second-order valence-corrected chi connectivity index (χ2v) is 40.6. The van der Waals surface area contributed by atoms with E-state index in [0.717, 1.165) is 281 Å². The lowest BCUT2D eigenvalue weighted by Gasteiger charge is -2.39. The molecule has 0 bridgehead atoms. The first kappa shape index (κ1) is 97.7. The number of ether oxygens (including phenoxy) is 3. The van der Waals surface area contributed by atoms with Gasteiger partial charge in [-0.15, -0.1) is 0 Å². The van der Waals surface area contributed by atoms with Crippen LogP contribution in [0.25, 0.3) is 134 Å². The Hall–Kier alpha value is -14.8. The molecule has 3 fully saturated rings. The molecule has 30 nitrogen and oxygen atoms in total. The summed E-state index contributed by atoms with van der Waals surface area (Å²) in [5, 5.41) is 24.3.